The number of rotatable bonds is 4. The summed E-state index contributed by atoms with van der Waals surface area (Å²) >= 11 is 0. The maximum Gasteiger partial charge on any atom is 0.252 e. The smallest absolute Gasteiger partial charge is 0.252 e. The fourth-order valence-electron chi connectivity index (χ4n) is 2.43. The Morgan fingerprint density at radius 2 is 2.09 bits per heavy atom. The number of nitrogens with one attached hydrogen (secondary N) is 1. The van der Waals surface area contributed by atoms with Crippen LogP contribution < -0.4 is 5.32 Å². The third kappa shape index (κ3) is 3.22. The summed E-state index contributed by atoms with van der Waals surface area (Å²) in [6.07, 6.45) is 0.957. The summed E-state index contributed by atoms with van der Waals surface area (Å²) in [4.78, 5) is 12.2. The molecular weight excluding hydrogens is 292 g/mol. The van der Waals surface area contributed by atoms with E-state index in [9.17, 15) is 9.90 Å². The normalized spacial score (nSPS) is 12.3. The number of carbonyl (C=O) groups is 1. The summed E-state index contributed by atoms with van der Waals surface area (Å²) in [5.74, 6) is 0.473. The maximum atomic E-state index is 12.2. The van der Waals surface area contributed by atoms with Crippen LogP contribution in [0, 0.1) is 13.8 Å². The second kappa shape index (κ2) is 6.18. The molecule has 1 unspecified atom stereocenters. The second-order valence-corrected chi connectivity index (χ2v) is 5.53. The zero-order chi connectivity index (χ0) is 16.4. The summed E-state index contributed by atoms with van der Waals surface area (Å²) in [6, 6.07) is 11.0. The van der Waals surface area contributed by atoms with E-state index in [-0.39, 0.29) is 12.5 Å². The molecule has 0 aliphatic rings. The van der Waals surface area contributed by atoms with Crippen LogP contribution >= 0.6 is 0 Å². The van der Waals surface area contributed by atoms with Gasteiger partial charge in [0, 0.05) is 12.7 Å². The van der Waals surface area contributed by atoms with Crippen molar-refractivity contribution in [2.75, 3.05) is 6.54 Å². The van der Waals surface area contributed by atoms with E-state index < -0.39 is 6.10 Å². The van der Waals surface area contributed by atoms with Gasteiger partial charge >= 0.3 is 0 Å². The van der Waals surface area contributed by atoms with Crippen LogP contribution in [0.2, 0.25) is 0 Å². The van der Waals surface area contributed by atoms with Gasteiger partial charge in [-0.2, -0.15) is 0 Å². The van der Waals surface area contributed by atoms with Crippen molar-refractivity contribution in [3.63, 3.8) is 0 Å². The maximum absolute atomic E-state index is 12.2. The molecule has 0 radical (unpaired) electrons. The van der Waals surface area contributed by atoms with Gasteiger partial charge in [-0.15, -0.1) is 10.2 Å². The number of benzene rings is 1. The molecule has 1 aromatic carbocycles. The number of pyridine rings is 1. The molecular formula is C17H18N4O2. The van der Waals surface area contributed by atoms with Crippen molar-refractivity contribution in [2.24, 2.45) is 0 Å². The predicted molar refractivity (Wildman–Crippen MR) is 86.2 cm³/mol. The van der Waals surface area contributed by atoms with Crippen molar-refractivity contribution in [3.05, 3.63) is 65.1 Å². The van der Waals surface area contributed by atoms with E-state index in [2.05, 4.69) is 15.5 Å². The third-order valence-electron chi connectivity index (χ3n) is 3.72. The molecule has 6 heteroatoms. The molecule has 2 N–H and O–H groups in total. The minimum Gasteiger partial charge on any atom is -0.387 e. The van der Waals surface area contributed by atoms with Crippen molar-refractivity contribution < 1.29 is 9.90 Å². The van der Waals surface area contributed by atoms with Gasteiger partial charge < -0.3 is 10.4 Å². The Hall–Kier alpha value is -2.73. The average molecular weight is 310 g/mol. The number of fused-ring (bicyclic) bond motifs is 1. The summed E-state index contributed by atoms with van der Waals surface area (Å²) in [6.45, 7) is 3.94. The summed E-state index contributed by atoms with van der Waals surface area (Å²) in [5.41, 5.74) is 3.05. The molecule has 1 amide bonds. The minimum atomic E-state index is -0.737. The summed E-state index contributed by atoms with van der Waals surface area (Å²) in [7, 11) is 0. The number of aliphatic hydroxyl groups excluding tert-OH is 1. The lowest BCUT2D eigenvalue weighted by Gasteiger charge is -2.13. The summed E-state index contributed by atoms with van der Waals surface area (Å²) in [5, 5.41) is 20.9. The van der Waals surface area contributed by atoms with Gasteiger partial charge in [-0.05, 0) is 31.5 Å². The van der Waals surface area contributed by atoms with Crippen LogP contribution in [0.3, 0.4) is 0 Å². The Morgan fingerprint density at radius 3 is 2.87 bits per heavy atom. The molecule has 0 aliphatic heterocycles. The number of amides is 1. The molecule has 0 spiro atoms. The second-order valence-electron chi connectivity index (χ2n) is 5.53. The van der Waals surface area contributed by atoms with Crippen LogP contribution in [0.15, 0.2) is 42.6 Å². The fourth-order valence-corrected chi connectivity index (χ4v) is 2.43. The van der Waals surface area contributed by atoms with E-state index in [4.69, 9.17) is 0 Å². The van der Waals surface area contributed by atoms with Crippen LogP contribution in [-0.2, 0) is 0 Å². The zero-order valence-corrected chi connectivity index (χ0v) is 13.0. The lowest BCUT2D eigenvalue weighted by Crippen LogP contribution is -2.28. The van der Waals surface area contributed by atoms with Crippen LogP contribution in [0.5, 0.6) is 0 Å². The van der Waals surface area contributed by atoms with E-state index in [1.54, 1.807) is 22.7 Å². The molecule has 1 atom stereocenters. The van der Waals surface area contributed by atoms with Gasteiger partial charge in [0.1, 0.15) is 5.82 Å². The molecule has 23 heavy (non-hydrogen) atoms. The molecule has 2 heterocycles. The molecule has 0 saturated carbocycles. The number of aliphatic hydroxyl groups is 1. The Labute approximate surface area is 133 Å². The predicted octanol–water partition coefficient (Wildman–Crippen LogP) is 1.81. The molecule has 0 aliphatic carbocycles. The van der Waals surface area contributed by atoms with E-state index in [0.717, 1.165) is 17.0 Å². The Kier molecular flexibility index (Phi) is 4.08. The lowest BCUT2D eigenvalue weighted by atomic mass is 10.1. The molecule has 6 nitrogen and oxygen atoms in total. The lowest BCUT2D eigenvalue weighted by molar-refractivity contribution is 0.0916. The molecule has 118 valence electrons. The number of carbonyl (C=O) groups excluding carboxylic acids is 1. The number of aromatic nitrogens is 3. The average Bonchev–Trinajstić information content (AvgIpc) is 2.93. The quantitative estimate of drug-likeness (QED) is 0.770. The van der Waals surface area contributed by atoms with Crippen molar-refractivity contribution in [1.82, 2.24) is 19.9 Å². The highest BCUT2D eigenvalue weighted by Crippen LogP contribution is 2.14. The molecule has 0 bridgehead atoms. The monoisotopic (exact) mass is 310 g/mol. The highest BCUT2D eigenvalue weighted by atomic mass is 16.3. The highest BCUT2D eigenvalue weighted by Gasteiger charge is 2.12. The van der Waals surface area contributed by atoms with Crippen LogP contribution in [-0.4, -0.2) is 32.2 Å². The van der Waals surface area contributed by atoms with Crippen LogP contribution in [0.1, 0.15) is 33.4 Å². The van der Waals surface area contributed by atoms with Crippen molar-refractivity contribution in [1.29, 1.82) is 0 Å². The SMILES string of the molecule is Cc1cccc(C(O)CNC(=O)c2ccc3nnc(C)n3c2)c1. The van der Waals surface area contributed by atoms with Gasteiger partial charge in [0.05, 0.1) is 11.7 Å². The Bertz CT molecular complexity index is 857. The minimum absolute atomic E-state index is 0.154. The first-order valence-corrected chi connectivity index (χ1v) is 7.39. The largest absolute Gasteiger partial charge is 0.387 e. The van der Waals surface area contributed by atoms with Crippen molar-refractivity contribution in [2.45, 2.75) is 20.0 Å². The number of aryl methyl sites for hydroxylation is 2. The first-order chi connectivity index (χ1) is 11.0. The number of hydrogen-bond acceptors (Lipinski definition) is 4. The summed E-state index contributed by atoms with van der Waals surface area (Å²) < 4.78 is 1.76. The van der Waals surface area contributed by atoms with Gasteiger partial charge in [0.25, 0.3) is 5.91 Å². The van der Waals surface area contributed by atoms with Crippen LogP contribution in [0.4, 0.5) is 0 Å². The standard InChI is InChI=1S/C17H18N4O2/c1-11-4-3-5-13(8-11)15(22)9-18-17(23)14-6-7-16-20-19-12(2)21(16)10-14/h3-8,10,15,22H,9H2,1-2H3,(H,18,23). The first-order valence-electron chi connectivity index (χ1n) is 7.39. The third-order valence-corrected chi connectivity index (χ3v) is 3.72. The molecule has 2 aromatic heterocycles. The number of hydrogen-bond donors (Lipinski definition) is 2. The van der Waals surface area contributed by atoms with Gasteiger partial charge in [-0.3, -0.25) is 9.20 Å². The molecule has 0 saturated heterocycles. The fraction of sp³-hybridized carbons (Fsp3) is 0.235. The van der Waals surface area contributed by atoms with Gasteiger partial charge in [-0.1, -0.05) is 29.8 Å². The molecule has 0 fully saturated rings. The number of nitrogens with zero attached hydrogens (tertiary/aromatic N) is 3. The first kappa shape index (κ1) is 15.2. The van der Waals surface area contributed by atoms with Gasteiger partial charge in [0.2, 0.25) is 0 Å². The van der Waals surface area contributed by atoms with E-state index >= 15 is 0 Å². The highest BCUT2D eigenvalue weighted by molar-refractivity contribution is 5.94. The topological polar surface area (TPSA) is 79.5 Å². The Balaban J connectivity index is 1.69. The zero-order valence-electron chi connectivity index (χ0n) is 13.0. The van der Waals surface area contributed by atoms with E-state index in [1.165, 1.54) is 0 Å². The molecule has 3 aromatic rings. The Morgan fingerprint density at radius 1 is 1.26 bits per heavy atom. The van der Waals surface area contributed by atoms with Crippen molar-refractivity contribution >= 4 is 11.6 Å². The van der Waals surface area contributed by atoms with E-state index in [1.807, 2.05) is 38.1 Å². The van der Waals surface area contributed by atoms with Gasteiger partial charge in [-0.25, -0.2) is 0 Å². The van der Waals surface area contributed by atoms with Crippen LogP contribution in [0.25, 0.3) is 5.65 Å². The van der Waals surface area contributed by atoms with E-state index in [0.29, 0.717) is 11.2 Å². The molecule has 3 rings (SSSR count). The van der Waals surface area contributed by atoms with Crippen molar-refractivity contribution in [3.8, 4) is 0 Å². The van der Waals surface area contributed by atoms with Gasteiger partial charge in [0.15, 0.2) is 5.65 Å².